The van der Waals surface area contributed by atoms with Crippen LogP contribution >= 0.6 is 0 Å². The molecule has 5 heteroatoms. The predicted molar refractivity (Wildman–Crippen MR) is 107 cm³/mol. The molecule has 138 valence electrons. The van der Waals surface area contributed by atoms with Crippen LogP contribution in [-0.2, 0) is 4.79 Å². The first kappa shape index (κ1) is 18.6. The number of benzene rings is 2. The van der Waals surface area contributed by atoms with Gasteiger partial charge >= 0.3 is 0 Å². The largest absolute Gasteiger partial charge is 0.511 e. The Morgan fingerprint density at radius 3 is 2.56 bits per heavy atom. The number of amides is 1. The van der Waals surface area contributed by atoms with Gasteiger partial charge in [0.15, 0.2) is 5.78 Å². The van der Waals surface area contributed by atoms with Crippen molar-refractivity contribution in [2.24, 2.45) is 10.4 Å². The number of carbonyl (C=O) groups is 2. The Balaban J connectivity index is 1.75. The van der Waals surface area contributed by atoms with E-state index in [-0.39, 0.29) is 28.4 Å². The number of ketones is 1. The van der Waals surface area contributed by atoms with Gasteiger partial charge in [-0.15, -0.1) is 0 Å². The number of allylic oxidation sites excluding steroid dienone is 2. The highest BCUT2D eigenvalue weighted by molar-refractivity contribution is 6.15. The van der Waals surface area contributed by atoms with Crippen LogP contribution in [0.25, 0.3) is 0 Å². The molecule has 2 N–H and O–H groups in total. The summed E-state index contributed by atoms with van der Waals surface area (Å²) in [6, 6.07) is 16.0. The number of carbonyl (C=O) groups excluding carboxylic acids is 2. The molecule has 0 fully saturated rings. The average molecular weight is 362 g/mol. The number of hydrogen-bond donors (Lipinski definition) is 2. The highest BCUT2D eigenvalue weighted by Gasteiger charge is 2.32. The molecule has 0 saturated heterocycles. The van der Waals surface area contributed by atoms with Crippen molar-refractivity contribution < 1.29 is 14.7 Å². The number of aliphatic hydroxyl groups excluding tert-OH is 1. The summed E-state index contributed by atoms with van der Waals surface area (Å²) in [7, 11) is 0. The summed E-state index contributed by atoms with van der Waals surface area (Å²) in [6.45, 7) is 3.90. The van der Waals surface area contributed by atoms with E-state index in [9.17, 15) is 14.7 Å². The number of nitrogens with zero attached hydrogens (tertiary/aromatic N) is 1. The molecule has 0 saturated carbocycles. The normalized spacial score (nSPS) is 16.6. The number of nitrogens with one attached hydrogen (secondary N) is 1. The minimum absolute atomic E-state index is 0.0773. The van der Waals surface area contributed by atoms with Crippen molar-refractivity contribution in [3.05, 3.63) is 71.5 Å². The molecular weight excluding hydrogens is 340 g/mol. The van der Waals surface area contributed by atoms with Gasteiger partial charge in [-0.2, -0.15) is 0 Å². The van der Waals surface area contributed by atoms with Crippen LogP contribution in [0.1, 0.15) is 37.0 Å². The molecule has 27 heavy (non-hydrogen) atoms. The molecule has 1 aliphatic rings. The van der Waals surface area contributed by atoms with Gasteiger partial charge in [-0.25, -0.2) is 0 Å². The smallest absolute Gasteiger partial charge is 0.255 e. The SMILES string of the molecule is CC1(C)CC(=O)C(C=Nc2cccc(NC(=O)c3ccccc3)c2)=C(O)C1. The van der Waals surface area contributed by atoms with Crippen LogP contribution in [0.2, 0.25) is 0 Å². The molecule has 0 unspecified atom stereocenters. The van der Waals surface area contributed by atoms with Crippen LogP contribution in [0.3, 0.4) is 0 Å². The molecule has 2 aromatic rings. The third kappa shape index (κ3) is 4.70. The third-order valence-electron chi connectivity index (χ3n) is 4.38. The lowest BCUT2D eigenvalue weighted by molar-refractivity contribution is -0.117. The summed E-state index contributed by atoms with van der Waals surface area (Å²) in [5.74, 6) is -0.239. The molecule has 0 radical (unpaired) electrons. The van der Waals surface area contributed by atoms with Gasteiger partial charge in [0.05, 0.1) is 11.3 Å². The number of aliphatic imine (C=N–C) groups is 1. The zero-order valence-electron chi connectivity index (χ0n) is 15.4. The van der Waals surface area contributed by atoms with Crippen LogP contribution in [0, 0.1) is 5.41 Å². The summed E-state index contributed by atoms with van der Waals surface area (Å²) >= 11 is 0. The van der Waals surface area contributed by atoms with Crippen molar-refractivity contribution in [2.45, 2.75) is 26.7 Å². The molecule has 0 heterocycles. The summed E-state index contributed by atoms with van der Waals surface area (Å²) in [4.78, 5) is 28.8. The van der Waals surface area contributed by atoms with Crippen LogP contribution < -0.4 is 5.32 Å². The fourth-order valence-corrected chi connectivity index (χ4v) is 3.04. The second-order valence-electron chi connectivity index (χ2n) is 7.43. The molecule has 3 rings (SSSR count). The molecule has 0 atom stereocenters. The van der Waals surface area contributed by atoms with E-state index in [0.717, 1.165) is 0 Å². The highest BCUT2D eigenvalue weighted by atomic mass is 16.3. The molecular formula is C22H22N2O3. The minimum Gasteiger partial charge on any atom is -0.511 e. The zero-order valence-corrected chi connectivity index (χ0v) is 15.4. The van der Waals surface area contributed by atoms with Crippen LogP contribution in [-0.4, -0.2) is 23.0 Å². The first-order valence-corrected chi connectivity index (χ1v) is 8.80. The van der Waals surface area contributed by atoms with E-state index < -0.39 is 0 Å². The van der Waals surface area contributed by atoms with Crippen LogP contribution in [0.5, 0.6) is 0 Å². The molecule has 0 aromatic heterocycles. The van der Waals surface area contributed by atoms with Crippen molar-refractivity contribution >= 4 is 29.3 Å². The maximum absolute atomic E-state index is 12.2. The standard InChI is InChI=1S/C22H22N2O3/c1-22(2)12-19(25)18(20(26)13-22)14-23-16-9-6-10-17(11-16)24-21(27)15-7-4-3-5-8-15/h3-11,14,25H,12-13H2,1-2H3,(H,24,27). The van der Waals surface area contributed by atoms with Crippen LogP contribution in [0.4, 0.5) is 11.4 Å². The first-order chi connectivity index (χ1) is 12.8. The van der Waals surface area contributed by atoms with Gasteiger partial charge < -0.3 is 10.4 Å². The summed E-state index contributed by atoms with van der Waals surface area (Å²) < 4.78 is 0. The van der Waals surface area contributed by atoms with E-state index in [2.05, 4.69) is 10.3 Å². The van der Waals surface area contributed by atoms with E-state index in [1.807, 2.05) is 19.9 Å². The number of hydrogen-bond acceptors (Lipinski definition) is 4. The molecule has 2 aromatic carbocycles. The number of anilines is 1. The maximum atomic E-state index is 12.2. The quantitative estimate of drug-likeness (QED) is 0.764. The van der Waals surface area contributed by atoms with E-state index >= 15 is 0 Å². The highest BCUT2D eigenvalue weighted by Crippen LogP contribution is 2.35. The molecule has 1 amide bonds. The number of Topliss-reactive ketones (excluding diaryl/α,β-unsaturated/α-hetero) is 1. The summed E-state index contributed by atoms with van der Waals surface area (Å²) in [5.41, 5.74) is 1.77. The lowest BCUT2D eigenvalue weighted by Gasteiger charge is -2.28. The third-order valence-corrected chi connectivity index (χ3v) is 4.38. The predicted octanol–water partition coefficient (Wildman–Crippen LogP) is 4.84. The molecule has 0 spiro atoms. The van der Waals surface area contributed by atoms with Crippen molar-refractivity contribution in [2.75, 3.05) is 5.32 Å². The van der Waals surface area contributed by atoms with Gasteiger partial charge in [-0.05, 0) is 35.7 Å². The van der Waals surface area contributed by atoms with E-state index in [1.165, 1.54) is 6.21 Å². The topological polar surface area (TPSA) is 78.8 Å². The molecule has 5 nitrogen and oxygen atoms in total. The van der Waals surface area contributed by atoms with Gasteiger partial charge in [0.25, 0.3) is 5.91 Å². The average Bonchev–Trinajstić information content (AvgIpc) is 2.61. The number of rotatable bonds is 4. The van der Waals surface area contributed by atoms with E-state index in [1.54, 1.807) is 48.5 Å². The Morgan fingerprint density at radius 2 is 1.85 bits per heavy atom. The van der Waals surface area contributed by atoms with E-state index in [0.29, 0.717) is 29.8 Å². The Morgan fingerprint density at radius 1 is 1.11 bits per heavy atom. The second-order valence-corrected chi connectivity index (χ2v) is 7.43. The molecule has 0 bridgehead atoms. The Hall–Kier alpha value is -3.21. The van der Waals surface area contributed by atoms with E-state index in [4.69, 9.17) is 0 Å². The van der Waals surface area contributed by atoms with Crippen molar-refractivity contribution in [1.29, 1.82) is 0 Å². The molecule has 1 aliphatic carbocycles. The Kier molecular flexibility index (Phi) is 5.21. The van der Waals surface area contributed by atoms with Crippen molar-refractivity contribution in [1.82, 2.24) is 0 Å². The van der Waals surface area contributed by atoms with Gasteiger partial charge in [0.1, 0.15) is 5.76 Å². The van der Waals surface area contributed by atoms with Gasteiger partial charge in [-0.3, -0.25) is 14.6 Å². The Labute approximate surface area is 158 Å². The van der Waals surface area contributed by atoms with Gasteiger partial charge in [-0.1, -0.05) is 38.1 Å². The summed E-state index contributed by atoms with van der Waals surface area (Å²) in [6.07, 6.45) is 2.24. The Bertz CT molecular complexity index is 928. The van der Waals surface area contributed by atoms with Crippen molar-refractivity contribution in [3.63, 3.8) is 0 Å². The second kappa shape index (κ2) is 7.58. The minimum atomic E-state index is -0.236. The lowest BCUT2D eigenvalue weighted by atomic mass is 9.77. The lowest BCUT2D eigenvalue weighted by Crippen LogP contribution is -2.26. The zero-order chi connectivity index (χ0) is 19.4. The number of aliphatic hydroxyl groups is 1. The fraction of sp³-hybridized carbons (Fsp3) is 0.227. The van der Waals surface area contributed by atoms with Gasteiger partial charge in [0, 0.05) is 30.3 Å². The summed E-state index contributed by atoms with van der Waals surface area (Å²) in [5, 5.41) is 13.0. The van der Waals surface area contributed by atoms with Crippen molar-refractivity contribution in [3.8, 4) is 0 Å². The molecule has 0 aliphatic heterocycles. The van der Waals surface area contributed by atoms with Gasteiger partial charge in [0.2, 0.25) is 0 Å². The monoisotopic (exact) mass is 362 g/mol. The maximum Gasteiger partial charge on any atom is 0.255 e. The fourth-order valence-electron chi connectivity index (χ4n) is 3.04. The first-order valence-electron chi connectivity index (χ1n) is 8.80. The van der Waals surface area contributed by atoms with Crippen LogP contribution in [0.15, 0.2) is 70.9 Å².